The van der Waals surface area contributed by atoms with E-state index < -0.39 is 5.97 Å². The Bertz CT molecular complexity index is 1270. The fourth-order valence-electron chi connectivity index (χ4n) is 4.48. The molecule has 0 saturated carbocycles. The first-order chi connectivity index (χ1) is 20.9. The van der Waals surface area contributed by atoms with Crippen molar-refractivity contribution in [3.8, 4) is 22.6 Å². The fraction of sp³-hybridized carbons (Fsp3) is 0.444. The van der Waals surface area contributed by atoms with Crippen molar-refractivity contribution in [1.82, 2.24) is 0 Å². The number of rotatable bonds is 17. The first kappa shape index (κ1) is 32.2. The van der Waals surface area contributed by atoms with Crippen molar-refractivity contribution in [3.63, 3.8) is 0 Å². The summed E-state index contributed by atoms with van der Waals surface area (Å²) in [5, 5.41) is 0. The minimum Gasteiger partial charge on any atom is -0.494 e. The molecule has 3 aromatic rings. The van der Waals surface area contributed by atoms with Crippen LogP contribution in [0.5, 0.6) is 11.5 Å². The molecule has 3 atom stereocenters. The molecule has 7 nitrogen and oxygen atoms in total. The molecule has 7 heteroatoms. The Balaban J connectivity index is 1.14. The van der Waals surface area contributed by atoms with Crippen LogP contribution < -0.4 is 9.47 Å². The summed E-state index contributed by atoms with van der Waals surface area (Å²) in [5.41, 5.74) is 2.89. The third-order valence-electron chi connectivity index (χ3n) is 7.83. The van der Waals surface area contributed by atoms with Crippen LogP contribution in [0, 0.1) is 11.8 Å². The van der Waals surface area contributed by atoms with Crippen LogP contribution in [-0.2, 0) is 14.2 Å². The summed E-state index contributed by atoms with van der Waals surface area (Å²) >= 11 is 0. The number of carbonyl (C=O) groups is 2. The van der Waals surface area contributed by atoms with Crippen LogP contribution in [0.4, 0.5) is 0 Å². The van der Waals surface area contributed by atoms with Crippen LogP contribution in [0.15, 0.2) is 72.8 Å². The maximum atomic E-state index is 12.7. The third kappa shape index (κ3) is 10.2. The van der Waals surface area contributed by atoms with Gasteiger partial charge in [-0.05, 0) is 91.8 Å². The summed E-state index contributed by atoms with van der Waals surface area (Å²) in [6.07, 6.45) is 5.65. The highest BCUT2D eigenvalue weighted by molar-refractivity contribution is 5.92. The SMILES string of the molecule is CC[C@@H](C)COC(=O)c1ccc(OC(=O)c2ccc(-c3ccc(OCCCCCCOCC4COC4C)cc3)cc2)cc1. The highest BCUT2D eigenvalue weighted by Gasteiger charge is 2.27. The monoisotopic (exact) mass is 588 g/mol. The van der Waals surface area contributed by atoms with Gasteiger partial charge in [-0.15, -0.1) is 0 Å². The van der Waals surface area contributed by atoms with E-state index in [-0.39, 0.29) is 5.97 Å². The van der Waals surface area contributed by atoms with E-state index in [2.05, 4.69) is 13.8 Å². The second kappa shape index (κ2) is 16.8. The molecular formula is C36H44O7. The van der Waals surface area contributed by atoms with Crippen molar-refractivity contribution in [3.05, 3.63) is 83.9 Å². The maximum Gasteiger partial charge on any atom is 0.343 e. The van der Waals surface area contributed by atoms with Crippen LogP contribution in [-0.4, -0.2) is 51.1 Å². The van der Waals surface area contributed by atoms with Crippen LogP contribution in [0.3, 0.4) is 0 Å². The first-order valence-electron chi connectivity index (χ1n) is 15.4. The molecule has 0 bridgehead atoms. The second-order valence-electron chi connectivity index (χ2n) is 11.3. The fourth-order valence-corrected chi connectivity index (χ4v) is 4.48. The van der Waals surface area contributed by atoms with E-state index in [0.29, 0.717) is 48.0 Å². The summed E-state index contributed by atoms with van der Waals surface area (Å²) in [6, 6.07) is 21.7. The Morgan fingerprint density at radius 3 is 1.98 bits per heavy atom. The van der Waals surface area contributed by atoms with E-state index in [0.717, 1.165) is 68.8 Å². The van der Waals surface area contributed by atoms with E-state index in [4.69, 9.17) is 23.7 Å². The normalized spacial score (nSPS) is 16.6. The van der Waals surface area contributed by atoms with E-state index in [1.807, 2.05) is 43.3 Å². The van der Waals surface area contributed by atoms with Crippen molar-refractivity contribution in [2.75, 3.05) is 33.0 Å². The van der Waals surface area contributed by atoms with Gasteiger partial charge in [0.25, 0.3) is 0 Å². The molecule has 0 aromatic heterocycles. The van der Waals surface area contributed by atoms with Gasteiger partial charge in [0.1, 0.15) is 11.5 Å². The standard InChI is InChI=1S/C36H44O7/c1-4-26(2)23-42-35(37)30-15-19-34(20-16-30)43-36(38)31-11-9-28(10-12-31)29-13-17-33(18-14-29)40-22-8-6-5-7-21-39-24-32-25-41-27(32)3/h9-20,26-27,32H,4-8,21-25H2,1-3H3/t26-,27?,32?/m1/s1. The molecule has 1 aliphatic heterocycles. The Labute approximate surface area is 255 Å². The lowest BCUT2D eigenvalue weighted by atomic mass is 10.0. The number of benzene rings is 3. The Morgan fingerprint density at radius 2 is 1.37 bits per heavy atom. The van der Waals surface area contributed by atoms with Gasteiger partial charge in [0.2, 0.25) is 0 Å². The van der Waals surface area contributed by atoms with Gasteiger partial charge < -0.3 is 23.7 Å². The third-order valence-corrected chi connectivity index (χ3v) is 7.83. The van der Waals surface area contributed by atoms with E-state index in [9.17, 15) is 9.59 Å². The highest BCUT2D eigenvalue weighted by atomic mass is 16.5. The lowest BCUT2D eigenvalue weighted by Gasteiger charge is -2.33. The summed E-state index contributed by atoms with van der Waals surface area (Å²) in [4.78, 5) is 24.8. The molecule has 3 aromatic carbocycles. The first-order valence-corrected chi connectivity index (χ1v) is 15.4. The predicted octanol–water partition coefficient (Wildman–Crippen LogP) is 7.77. The summed E-state index contributed by atoms with van der Waals surface area (Å²) in [6.45, 7) is 9.73. The quantitative estimate of drug-likeness (QED) is 0.0905. The molecule has 1 heterocycles. The van der Waals surface area contributed by atoms with Crippen molar-refractivity contribution in [1.29, 1.82) is 0 Å². The van der Waals surface area contributed by atoms with Crippen molar-refractivity contribution in [2.45, 2.75) is 59.0 Å². The molecular weight excluding hydrogens is 544 g/mol. The zero-order valence-electron chi connectivity index (χ0n) is 25.6. The van der Waals surface area contributed by atoms with Gasteiger partial charge in [-0.1, -0.05) is 51.0 Å². The summed E-state index contributed by atoms with van der Waals surface area (Å²) in [7, 11) is 0. The molecule has 0 aliphatic carbocycles. The van der Waals surface area contributed by atoms with Gasteiger partial charge in [0.15, 0.2) is 0 Å². The van der Waals surface area contributed by atoms with Crippen molar-refractivity contribution < 1.29 is 33.3 Å². The largest absolute Gasteiger partial charge is 0.494 e. The zero-order valence-corrected chi connectivity index (χ0v) is 25.6. The number of carbonyl (C=O) groups excluding carboxylic acids is 2. The van der Waals surface area contributed by atoms with Gasteiger partial charge >= 0.3 is 11.9 Å². The molecule has 2 unspecified atom stereocenters. The highest BCUT2D eigenvalue weighted by Crippen LogP contribution is 2.24. The molecule has 1 saturated heterocycles. The van der Waals surface area contributed by atoms with Crippen LogP contribution in [0.25, 0.3) is 11.1 Å². The molecule has 0 spiro atoms. The Kier molecular flexibility index (Phi) is 12.6. The van der Waals surface area contributed by atoms with Gasteiger partial charge in [-0.2, -0.15) is 0 Å². The molecule has 0 N–H and O–H groups in total. The smallest absolute Gasteiger partial charge is 0.343 e. The molecule has 4 rings (SSSR count). The molecule has 0 amide bonds. The molecule has 1 fully saturated rings. The average Bonchev–Trinajstić information content (AvgIpc) is 3.04. The molecule has 0 radical (unpaired) electrons. The lowest BCUT2D eigenvalue weighted by Crippen LogP contribution is -2.40. The topological polar surface area (TPSA) is 80.3 Å². The number of ether oxygens (including phenoxy) is 5. The number of unbranched alkanes of at least 4 members (excludes halogenated alkanes) is 3. The Morgan fingerprint density at radius 1 is 0.791 bits per heavy atom. The Hall–Kier alpha value is -3.68. The molecule has 43 heavy (non-hydrogen) atoms. The van der Waals surface area contributed by atoms with E-state index >= 15 is 0 Å². The van der Waals surface area contributed by atoms with Crippen LogP contribution in [0.1, 0.15) is 73.6 Å². The molecule has 1 aliphatic rings. The summed E-state index contributed by atoms with van der Waals surface area (Å²) in [5.74, 6) is 1.24. The van der Waals surface area contributed by atoms with Gasteiger partial charge in [-0.3, -0.25) is 0 Å². The maximum absolute atomic E-state index is 12.7. The van der Waals surface area contributed by atoms with Crippen molar-refractivity contribution >= 4 is 11.9 Å². The van der Waals surface area contributed by atoms with E-state index in [1.54, 1.807) is 36.4 Å². The van der Waals surface area contributed by atoms with E-state index in [1.165, 1.54) is 0 Å². The lowest BCUT2D eigenvalue weighted by molar-refractivity contribution is -0.130. The number of esters is 2. The number of hydrogen-bond acceptors (Lipinski definition) is 7. The minimum atomic E-state index is -0.465. The molecule has 230 valence electrons. The second-order valence-corrected chi connectivity index (χ2v) is 11.3. The van der Waals surface area contributed by atoms with Gasteiger partial charge in [0, 0.05) is 12.5 Å². The van der Waals surface area contributed by atoms with Crippen LogP contribution in [0.2, 0.25) is 0 Å². The average molecular weight is 589 g/mol. The van der Waals surface area contributed by atoms with Crippen molar-refractivity contribution in [2.24, 2.45) is 11.8 Å². The van der Waals surface area contributed by atoms with Gasteiger partial charge in [-0.25, -0.2) is 9.59 Å². The zero-order chi connectivity index (χ0) is 30.4. The van der Waals surface area contributed by atoms with Crippen LogP contribution >= 0.6 is 0 Å². The van der Waals surface area contributed by atoms with Gasteiger partial charge in [0.05, 0.1) is 43.7 Å². The number of hydrogen-bond donors (Lipinski definition) is 0. The summed E-state index contributed by atoms with van der Waals surface area (Å²) < 4.78 is 27.8. The minimum absolute atomic E-state index is 0.313. The predicted molar refractivity (Wildman–Crippen MR) is 167 cm³/mol.